The van der Waals surface area contributed by atoms with Crippen LogP contribution in [-0.4, -0.2) is 20.4 Å². The highest BCUT2D eigenvalue weighted by Crippen LogP contribution is 2.10. The molecule has 0 atom stereocenters. The molecular formula is C9H11ClO2S. The molecule has 0 bridgehead atoms. The maximum Gasteiger partial charge on any atom is 0.147 e. The summed E-state index contributed by atoms with van der Waals surface area (Å²) in [5.74, 6) is 0.189. The molecule has 1 rings (SSSR count). The highest BCUT2D eigenvalue weighted by molar-refractivity contribution is 7.90. The molecule has 0 spiro atoms. The Bertz CT molecular complexity index is 367. The van der Waals surface area contributed by atoms with Crippen molar-refractivity contribution in [2.45, 2.75) is 6.42 Å². The second-order valence-electron chi connectivity index (χ2n) is 3.01. The highest BCUT2D eigenvalue weighted by Gasteiger charge is 2.02. The Morgan fingerprint density at radius 2 is 1.77 bits per heavy atom. The van der Waals surface area contributed by atoms with Gasteiger partial charge in [-0.05, 0) is 24.1 Å². The van der Waals surface area contributed by atoms with Crippen molar-refractivity contribution in [1.29, 1.82) is 0 Å². The van der Waals surface area contributed by atoms with Gasteiger partial charge in [0.1, 0.15) is 9.84 Å². The number of benzene rings is 1. The summed E-state index contributed by atoms with van der Waals surface area (Å²) in [6.07, 6.45) is 1.79. The molecule has 72 valence electrons. The molecule has 0 aliphatic rings. The summed E-state index contributed by atoms with van der Waals surface area (Å²) in [6.45, 7) is 0. The number of sulfone groups is 1. The molecule has 1 aromatic carbocycles. The number of halogens is 1. The van der Waals surface area contributed by atoms with E-state index >= 15 is 0 Å². The summed E-state index contributed by atoms with van der Waals surface area (Å²) < 4.78 is 21.7. The number of hydrogen-bond acceptors (Lipinski definition) is 2. The average Bonchev–Trinajstić information content (AvgIpc) is 2.02. The lowest BCUT2D eigenvalue weighted by Gasteiger charge is -1.99. The van der Waals surface area contributed by atoms with Crippen LogP contribution in [0.1, 0.15) is 5.56 Å². The summed E-state index contributed by atoms with van der Waals surface area (Å²) in [4.78, 5) is 0. The van der Waals surface area contributed by atoms with E-state index in [9.17, 15) is 8.42 Å². The Morgan fingerprint density at radius 3 is 2.23 bits per heavy atom. The molecule has 0 fully saturated rings. The molecule has 0 unspecified atom stereocenters. The van der Waals surface area contributed by atoms with Gasteiger partial charge in [-0.15, -0.1) is 0 Å². The molecule has 0 saturated heterocycles. The molecule has 0 aliphatic heterocycles. The SMILES string of the molecule is CS(=O)(=O)CCc1ccc(Cl)cc1. The smallest absolute Gasteiger partial charge is 0.147 e. The number of rotatable bonds is 3. The van der Waals surface area contributed by atoms with Crippen LogP contribution in [0.4, 0.5) is 0 Å². The minimum absolute atomic E-state index is 0.189. The molecule has 13 heavy (non-hydrogen) atoms. The zero-order valence-corrected chi connectivity index (χ0v) is 8.90. The summed E-state index contributed by atoms with van der Waals surface area (Å²) in [5, 5.41) is 0.670. The van der Waals surface area contributed by atoms with Crippen molar-refractivity contribution < 1.29 is 8.42 Å². The van der Waals surface area contributed by atoms with Crippen LogP contribution in [0.3, 0.4) is 0 Å². The molecule has 0 heterocycles. The van der Waals surface area contributed by atoms with Gasteiger partial charge in [0.25, 0.3) is 0 Å². The van der Waals surface area contributed by atoms with Crippen molar-refractivity contribution >= 4 is 21.4 Å². The van der Waals surface area contributed by atoms with Gasteiger partial charge in [-0.1, -0.05) is 23.7 Å². The van der Waals surface area contributed by atoms with Crippen molar-refractivity contribution in [3.05, 3.63) is 34.9 Å². The topological polar surface area (TPSA) is 34.1 Å². The molecule has 0 aromatic heterocycles. The number of aryl methyl sites for hydroxylation is 1. The largest absolute Gasteiger partial charge is 0.229 e. The second-order valence-corrected chi connectivity index (χ2v) is 5.70. The van der Waals surface area contributed by atoms with Crippen LogP contribution >= 0.6 is 11.6 Å². The van der Waals surface area contributed by atoms with Gasteiger partial charge in [-0.2, -0.15) is 0 Å². The third-order valence-corrected chi connectivity index (χ3v) is 2.87. The lowest BCUT2D eigenvalue weighted by molar-refractivity contribution is 0.601. The lowest BCUT2D eigenvalue weighted by Crippen LogP contribution is -2.05. The van der Waals surface area contributed by atoms with Crippen molar-refractivity contribution in [1.82, 2.24) is 0 Å². The van der Waals surface area contributed by atoms with Gasteiger partial charge < -0.3 is 0 Å². The molecule has 0 N–H and O–H groups in total. The van der Waals surface area contributed by atoms with Gasteiger partial charge in [0.05, 0.1) is 5.75 Å². The maximum atomic E-state index is 10.8. The monoisotopic (exact) mass is 218 g/mol. The summed E-state index contributed by atoms with van der Waals surface area (Å²) in [5.41, 5.74) is 0.995. The van der Waals surface area contributed by atoms with Crippen LogP contribution in [0, 0.1) is 0 Å². The van der Waals surface area contributed by atoms with Crippen LogP contribution < -0.4 is 0 Å². The van der Waals surface area contributed by atoms with E-state index in [2.05, 4.69) is 0 Å². The van der Waals surface area contributed by atoms with Crippen LogP contribution in [0.25, 0.3) is 0 Å². The van der Waals surface area contributed by atoms with E-state index in [0.717, 1.165) is 5.56 Å². The molecule has 0 aliphatic carbocycles. The second kappa shape index (κ2) is 4.11. The maximum absolute atomic E-state index is 10.8. The van der Waals surface area contributed by atoms with Crippen LogP contribution in [0.5, 0.6) is 0 Å². The Morgan fingerprint density at radius 1 is 1.23 bits per heavy atom. The Balaban J connectivity index is 2.61. The first-order valence-corrected chi connectivity index (χ1v) is 6.33. The summed E-state index contributed by atoms with van der Waals surface area (Å²) in [7, 11) is -2.87. The van der Waals surface area contributed by atoms with Gasteiger partial charge in [0.2, 0.25) is 0 Å². The Hall–Kier alpha value is -0.540. The van der Waals surface area contributed by atoms with E-state index in [1.165, 1.54) is 6.26 Å². The Kier molecular flexibility index (Phi) is 3.33. The van der Waals surface area contributed by atoms with Crippen molar-refractivity contribution in [3.8, 4) is 0 Å². The third-order valence-electron chi connectivity index (χ3n) is 1.67. The minimum atomic E-state index is -2.87. The van der Waals surface area contributed by atoms with E-state index in [4.69, 9.17) is 11.6 Å². The van der Waals surface area contributed by atoms with Gasteiger partial charge in [0.15, 0.2) is 0 Å². The molecule has 2 nitrogen and oxygen atoms in total. The van der Waals surface area contributed by atoms with Crippen molar-refractivity contribution in [3.63, 3.8) is 0 Å². The summed E-state index contributed by atoms with van der Waals surface area (Å²) in [6, 6.07) is 7.21. The zero-order valence-electron chi connectivity index (χ0n) is 7.33. The van der Waals surface area contributed by atoms with E-state index < -0.39 is 9.84 Å². The van der Waals surface area contributed by atoms with Crippen LogP contribution in [0.2, 0.25) is 5.02 Å². The predicted molar refractivity (Wildman–Crippen MR) is 54.9 cm³/mol. The van der Waals surface area contributed by atoms with Crippen molar-refractivity contribution in [2.75, 3.05) is 12.0 Å². The number of hydrogen-bond donors (Lipinski definition) is 0. The summed E-state index contributed by atoms with van der Waals surface area (Å²) >= 11 is 5.68. The van der Waals surface area contributed by atoms with Gasteiger partial charge in [-0.25, -0.2) is 8.42 Å². The first-order chi connectivity index (χ1) is 5.97. The quantitative estimate of drug-likeness (QED) is 0.777. The Labute approximate surface area is 83.5 Å². The molecule has 1 aromatic rings. The lowest BCUT2D eigenvalue weighted by atomic mass is 10.2. The highest BCUT2D eigenvalue weighted by atomic mass is 35.5. The molecule has 0 saturated carbocycles. The third kappa shape index (κ3) is 4.29. The normalized spacial score (nSPS) is 11.5. The standard InChI is InChI=1S/C9H11ClO2S/c1-13(11,12)7-6-8-2-4-9(10)5-3-8/h2-5H,6-7H2,1H3. The van der Waals surface area contributed by atoms with E-state index in [-0.39, 0.29) is 5.75 Å². The van der Waals surface area contributed by atoms with Gasteiger partial charge >= 0.3 is 0 Å². The molecule has 4 heteroatoms. The predicted octanol–water partition coefficient (Wildman–Crippen LogP) is 1.93. The molecule has 0 amide bonds. The van der Waals surface area contributed by atoms with Crippen molar-refractivity contribution in [2.24, 2.45) is 0 Å². The average molecular weight is 219 g/mol. The fourth-order valence-corrected chi connectivity index (χ4v) is 1.69. The van der Waals surface area contributed by atoms with Gasteiger partial charge in [-0.3, -0.25) is 0 Å². The van der Waals surface area contributed by atoms with Gasteiger partial charge in [0, 0.05) is 11.3 Å². The molecular weight excluding hydrogens is 208 g/mol. The van der Waals surface area contributed by atoms with E-state index in [0.29, 0.717) is 11.4 Å². The first kappa shape index (κ1) is 10.5. The fraction of sp³-hybridized carbons (Fsp3) is 0.333. The minimum Gasteiger partial charge on any atom is -0.229 e. The van der Waals surface area contributed by atoms with E-state index in [1.807, 2.05) is 12.1 Å². The van der Waals surface area contributed by atoms with Crippen LogP contribution in [0.15, 0.2) is 24.3 Å². The first-order valence-electron chi connectivity index (χ1n) is 3.89. The zero-order chi connectivity index (χ0) is 9.90. The molecule has 0 radical (unpaired) electrons. The van der Waals surface area contributed by atoms with E-state index in [1.54, 1.807) is 12.1 Å². The van der Waals surface area contributed by atoms with Crippen LogP contribution in [-0.2, 0) is 16.3 Å². The fourth-order valence-electron chi connectivity index (χ4n) is 0.954.